The van der Waals surface area contributed by atoms with Crippen molar-refractivity contribution in [3.05, 3.63) is 29.3 Å². The second-order valence-electron chi connectivity index (χ2n) is 2.52. The van der Waals surface area contributed by atoms with Gasteiger partial charge in [0.15, 0.2) is 6.07 Å². The van der Waals surface area contributed by atoms with E-state index in [-0.39, 0.29) is 6.07 Å². The van der Waals surface area contributed by atoms with Gasteiger partial charge in [0.25, 0.3) is 0 Å². The van der Waals surface area contributed by atoms with Crippen LogP contribution >= 0.6 is 11.6 Å². The molecule has 0 radical (unpaired) electrons. The summed E-state index contributed by atoms with van der Waals surface area (Å²) in [5.74, 6) is 0.875. The molecule has 11 heavy (non-hydrogen) atoms. The second-order valence-corrected chi connectivity index (χ2v) is 2.74. The van der Waals surface area contributed by atoms with Crippen molar-refractivity contribution in [3.8, 4) is 5.75 Å². The molecule has 2 heteroatoms. The molecular weight excluding hydrogens is 160 g/mol. The highest BCUT2D eigenvalue weighted by Gasteiger charge is 1.97. The van der Waals surface area contributed by atoms with Gasteiger partial charge in [0.05, 0.1) is 0 Å². The lowest BCUT2D eigenvalue weighted by atomic mass is 10.1. The van der Waals surface area contributed by atoms with Gasteiger partial charge in [-0.25, -0.2) is 0 Å². The van der Waals surface area contributed by atoms with E-state index in [4.69, 9.17) is 16.3 Å². The highest BCUT2D eigenvalue weighted by atomic mass is 35.5. The Morgan fingerprint density at radius 3 is 2.73 bits per heavy atom. The normalized spacial score (nSPS) is 9.73. The van der Waals surface area contributed by atoms with E-state index in [2.05, 4.69) is 6.07 Å². The third-order valence-corrected chi connectivity index (χ3v) is 1.66. The molecule has 0 atom stereocenters. The number of rotatable bonds is 2. The Morgan fingerprint density at radius 2 is 2.09 bits per heavy atom. The molecular formula is C9H11ClO. The first-order chi connectivity index (χ1) is 5.24. The molecule has 0 aliphatic carbocycles. The van der Waals surface area contributed by atoms with E-state index in [1.54, 1.807) is 0 Å². The molecule has 1 rings (SSSR count). The van der Waals surface area contributed by atoms with Crippen LogP contribution in [0.15, 0.2) is 18.2 Å². The molecule has 0 unspecified atom stereocenters. The molecule has 0 N–H and O–H groups in total. The van der Waals surface area contributed by atoms with Gasteiger partial charge in [0.2, 0.25) is 0 Å². The molecule has 0 aliphatic heterocycles. The van der Waals surface area contributed by atoms with Crippen LogP contribution in [0, 0.1) is 13.8 Å². The van der Waals surface area contributed by atoms with E-state index in [0.29, 0.717) is 0 Å². The monoisotopic (exact) mass is 170 g/mol. The van der Waals surface area contributed by atoms with Gasteiger partial charge in [-0.05, 0) is 31.0 Å². The van der Waals surface area contributed by atoms with Gasteiger partial charge in [0, 0.05) is 0 Å². The van der Waals surface area contributed by atoms with Crippen molar-refractivity contribution >= 4 is 11.6 Å². The summed E-state index contributed by atoms with van der Waals surface area (Å²) in [6, 6.07) is 6.27. The van der Waals surface area contributed by atoms with Gasteiger partial charge in [-0.1, -0.05) is 23.7 Å². The molecule has 0 saturated carbocycles. The highest BCUT2D eigenvalue weighted by Crippen LogP contribution is 2.18. The highest BCUT2D eigenvalue weighted by molar-refractivity contribution is 6.17. The Labute approximate surface area is 71.9 Å². The molecule has 60 valence electrons. The molecule has 0 spiro atoms. The molecule has 0 aromatic heterocycles. The minimum Gasteiger partial charge on any atom is -0.478 e. The number of alkyl halides is 1. The maximum absolute atomic E-state index is 5.44. The van der Waals surface area contributed by atoms with Crippen molar-refractivity contribution in [2.45, 2.75) is 13.8 Å². The van der Waals surface area contributed by atoms with E-state index >= 15 is 0 Å². The van der Waals surface area contributed by atoms with Crippen LogP contribution in [0.1, 0.15) is 11.1 Å². The van der Waals surface area contributed by atoms with Crippen LogP contribution in [0.3, 0.4) is 0 Å². The minimum atomic E-state index is 0.213. The Morgan fingerprint density at radius 1 is 1.36 bits per heavy atom. The van der Waals surface area contributed by atoms with E-state index in [1.807, 2.05) is 26.0 Å². The first-order valence-corrected chi connectivity index (χ1v) is 4.03. The zero-order valence-corrected chi connectivity index (χ0v) is 7.48. The lowest BCUT2D eigenvalue weighted by Gasteiger charge is -2.05. The molecule has 0 fully saturated rings. The van der Waals surface area contributed by atoms with Crippen LogP contribution in [0.2, 0.25) is 0 Å². The molecule has 0 bridgehead atoms. The Kier molecular flexibility index (Phi) is 2.77. The Balaban J connectivity index is 2.93. The molecule has 1 aromatic rings. The summed E-state index contributed by atoms with van der Waals surface area (Å²) in [7, 11) is 0. The quantitative estimate of drug-likeness (QED) is 0.621. The van der Waals surface area contributed by atoms with Gasteiger partial charge in [0.1, 0.15) is 5.75 Å². The van der Waals surface area contributed by atoms with E-state index in [0.717, 1.165) is 11.3 Å². The average Bonchev–Trinajstić information content (AvgIpc) is 1.98. The van der Waals surface area contributed by atoms with Crippen molar-refractivity contribution in [3.63, 3.8) is 0 Å². The fourth-order valence-corrected chi connectivity index (χ4v) is 1.04. The van der Waals surface area contributed by atoms with Crippen LogP contribution in [0.4, 0.5) is 0 Å². The summed E-state index contributed by atoms with van der Waals surface area (Å²) in [6.45, 7) is 4.03. The number of aryl methyl sites for hydroxylation is 2. The summed E-state index contributed by atoms with van der Waals surface area (Å²) in [5, 5.41) is 0. The summed E-state index contributed by atoms with van der Waals surface area (Å²) < 4.78 is 5.18. The van der Waals surface area contributed by atoms with Crippen LogP contribution in [-0.2, 0) is 0 Å². The van der Waals surface area contributed by atoms with Crippen molar-refractivity contribution in [2.75, 3.05) is 6.07 Å². The largest absolute Gasteiger partial charge is 0.478 e. The summed E-state index contributed by atoms with van der Waals surface area (Å²) in [4.78, 5) is 0. The number of benzene rings is 1. The standard InChI is InChI=1S/C9H11ClO/c1-7-3-4-8(2)9(5-7)11-6-10/h3-5H,6H2,1-2H3. The maximum Gasteiger partial charge on any atom is 0.162 e. The summed E-state index contributed by atoms with van der Waals surface area (Å²) >= 11 is 5.44. The molecule has 0 heterocycles. The number of ether oxygens (including phenoxy) is 1. The second kappa shape index (κ2) is 3.63. The third kappa shape index (κ3) is 2.12. The fourth-order valence-electron chi connectivity index (χ4n) is 0.922. The number of hydrogen-bond donors (Lipinski definition) is 0. The predicted molar refractivity (Wildman–Crippen MR) is 47.3 cm³/mol. The van der Waals surface area contributed by atoms with Crippen LogP contribution in [0.25, 0.3) is 0 Å². The first kappa shape index (κ1) is 8.41. The first-order valence-electron chi connectivity index (χ1n) is 3.50. The average molecular weight is 171 g/mol. The zero-order chi connectivity index (χ0) is 8.27. The van der Waals surface area contributed by atoms with Crippen LogP contribution in [0.5, 0.6) is 5.75 Å². The van der Waals surface area contributed by atoms with Crippen LogP contribution < -0.4 is 4.74 Å². The lowest BCUT2D eigenvalue weighted by molar-refractivity contribution is 0.385. The Bertz CT molecular complexity index is 245. The molecule has 0 amide bonds. The molecule has 0 saturated heterocycles. The smallest absolute Gasteiger partial charge is 0.162 e. The predicted octanol–water partition coefficient (Wildman–Crippen LogP) is 2.88. The van der Waals surface area contributed by atoms with Gasteiger partial charge < -0.3 is 4.74 Å². The minimum absolute atomic E-state index is 0.213. The SMILES string of the molecule is Cc1ccc(C)c(OCCl)c1. The van der Waals surface area contributed by atoms with E-state index < -0.39 is 0 Å². The van der Waals surface area contributed by atoms with Gasteiger partial charge in [-0.2, -0.15) is 0 Å². The zero-order valence-electron chi connectivity index (χ0n) is 6.73. The lowest BCUT2D eigenvalue weighted by Crippen LogP contribution is -1.91. The van der Waals surface area contributed by atoms with Crippen molar-refractivity contribution < 1.29 is 4.74 Å². The van der Waals surface area contributed by atoms with Crippen molar-refractivity contribution in [1.82, 2.24) is 0 Å². The third-order valence-electron chi connectivity index (χ3n) is 1.55. The van der Waals surface area contributed by atoms with Gasteiger partial charge in [-0.15, -0.1) is 0 Å². The van der Waals surface area contributed by atoms with E-state index in [9.17, 15) is 0 Å². The summed E-state index contributed by atoms with van der Waals surface area (Å²) in [5.41, 5.74) is 2.31. The number of hydrogen-bond acceptors (Lipinski definition) is 1. The van der Waals surface area contributed by atoms with Crippen molar-refractivity contribution in [2.24, 2.45) is 0 Å². The molecule has 1 nitrogen and oxygen atoms in total. The fraction of sp³-hybridized carbons (Fsp3) is 0.333. The topological polar surface area (TPSA) is 9.23 Å². The molecule has 0 aliphatic rings. The molecule has 1 aromatic carbocycles. The van der Waals surface area contributed by atoms with Gasteiger partial charge >= 0.3 is 0 Å². The summed E-state index contributed by atoms with van der Waals surface area (Å²) in [6.07, 6.45) is 0. The maximum atomic E-state index is 5.44. The Hall–Kier alpha value is -0.690. The van der Waals surface area contributed by atoms with Crippen LogP contribution in [-0.4, -0.2) is 6.07 Å². The van der Waals surface area contributed by atoms with Gasteiger partial charge in [-0.3, -0.25) is 0 Å². The van der Waals surface area contributed by atoms with Crippen molar-refractivity contribution in [1.29, 1.82) is 0 Å². The van der Waals surface area contributed by atoms with E-state index in [1.165, 1.54) is 5.56 Å². The number of halogens is 1.